The maximum absolute atomic E-state index is 12.1. The van der Waals surface area contributed by atoms with Gasteiger partial charge in [-0.25, -0.2) is 9.59 Å². The molecule has 1 fully saturated rings. The van der Waals surface area contributed by atoms with Crippen molar-refractivity contribution in [3.63, 3.8) is 0 Å². The molecular weight excluding hydrogens is 274 g/mol. The van der Waals surface area contributed by atoms with Gasteiger partial charge in [-0.15, -0.1) is 0 Å². The number of rotatable bonds is 4. The Kier molecular flexibility index (Phi) is 5.10. The van der Waals surface area contributed by atoms with Crippen LogP contribution in [0.3, 0.4) is 0 Å². The summed E-state index contributed by atoms with van der Waals surface area (Å²) in [5.74, 6) is -0.574. The average molecular weight is 293 g/mol. The number of carbonyl (C=O) groups is 2. The maximum Gasteiger partial charge on any atom is 0.337 e. The summed E-state index contributed by atoms with van der Waals surface area (Å²) in [4.78, 5) is 28.5. The standard InChI is InChI=1S/C14H19N3O4/c1-21-9-10-2-4-17(5-3-10)14(20)16-12-6-11(13(18)19)7-15-8-12/h6-8,10H,2-5,9H2,1H3,(H,16,20)(H,18,19). The van der Waals surface area contributed by atoms with Gasteiger partial charge in [0.1, 0.15) is 0 Å². The van der Waals surface area contributed by atoms with Gasteiger partial charge in [0, 0.05) is 33.0 Å². The number of carboxylic acids is 1. The van der Waals surface area contributed by atoms with Gasteiger partial charge in [0.15, 0.2) is 0 Å². The maximum atomic E-state index is 12.1. The Balaban J connectivity index is 1.90. The number of carboxylic acid groups (broad SMARTS) is 1. The van der Waals surface area contributed by atoms with Crippen LogP contribution in [0.5, 0.6) is 0 Å². The highest BCUT2D eigenvalue weighted by molar-refractivity contribution is 5.92. The molecule has 7 heteroatoms. The molecule has 7 nitrogen and oxygen atoms in total. The van der Waals surface area contributed by atoms with Crippen molar-refractivity contribution in [1.29, 1.82) is 0 Å². The number of amides is 2. The summed E-state index contributed by atoms with van der Waals surface area (Å²) in [5, 5.41) is 11.6. The number of likely N-dealkylation sites (tertiary alicyclic amines) is 1. The quantitative estimate of drug-likeness (QED) is 0.881. The Bertz CT molecular complexity index is 513. The van der Waals surface area contributed by atoms with E-state index in [4.69, 9.17) is 9.84 Å². The zero-order valence-electron chi connectivity index (χ0n) is 11.9. The van der Waals surface area contributed by atoms with E-state index in [1.54, 1.807) is 12.0 Å². The smallest absolute Gasteiger partial charge is 0.337 e. The number of ether oxygens (including phenoxy) is 1. The lowest BCUT2D eigenvalue weighted by atomic mass is 9.98. The van der Waals surface area contributed by atoms with Gasteiger partial charge in [0.25, 0.3) is 0 Å². The summed E-state index contributed by atoms with van der Waals surface area (Å²) >= 11 is 0. The minimum absolute atomic E-state index is 0.0478. The number of nitrogens with zero attached hydrogens (tertiary/aromatic N) is 2. The molecule has 1 aromatic heterocycles. The van der Waals surface area contributed by atoms with Crippen molar-refractivity contribution >= 4 is 17.7 Å². The Hall–Kier alpha value is -2.15. The van der Waals surface area contributed by atoms with Crippen molar-refractivity contribution in [2.45, 2.75) is 12.8 Å². The van der Waals surface area contributed by atoms with E-state index in [1.807, 2.05) is 0 Å². The molecule has 0 spiro atoms. The predicted molar refractivity (Wildman–Crippen MR) is 76.4 cm³/mol. The van der Waals surface area contributed by atoms with Crippen LogP contribution < -0.4 is 5.32 Å². The number of hydrogen-bond donors (Lipinski definition) is 2. The molecule has 0 aliphatic carbocycles. The van der Waals surface area contributed by atoms with Crippen LogP contribution in [0.2, 0.25) is 0 Å². The Morgan fingerprint density at radius 3 is 2.76 bits per heavy atom. The van der Waals surface area contributed by atoms with Gasteiger partial charge in [0.2, 0.25) is 0 Å². The van der Waals surface area contributed by atoms with Gasteiger partial charge >= 0.3 is 12.0 Å². The fraction of sp³-hybridized carbons (Fsp3) is 0.500. The minimum Gasteiger partial charge on any atom is -0.478 e. The molecule has 2 amide bonds. The topological polar surface area (TPSA) is 91.8 Å². The second-order valence-corrected chi connectivity index (χ2v) is 5.08. The number of aromatic carboxylic acids is 1. The lowest BCUT2D eigenvalue weighted by molar-refractivity contribution is 0.0696. The molecule has 0 atom stereocenters. The van der Waals surface area contributed by atoms with E-state index in [-0.39, 0.29) is 11.6 Å². The molecular formula is C14H19N3O4. The number of nitrogens with one attached hydrogen (secondary N) is 1. The summed E-state index contributed by atoms with van der Waals surface area (Å²) in [5.41, 5.74) is 0.436. The lowest BCUT2D eigenvalue weighted by Crippen LogP contribution is -2.41. The summed E-state index contributed by atoms with van der Waals surface area (Å²) < 4.78 is 5.13. The third-order valence-corrected chi connectivity index (χ3v) is 3.54. The Morgan fingerprint density at radius 2 is 2.14 bits per heavy atom. The second-order valence-electron chi connectivity index (χ2n) is 5.08. The van der Waals surface area contributed by atoms with Gasteiger partial charge < -0.3 is 20.1 Å². The molecule has 0 radical (unpaired) electrons. The predicted octanol–water partition coefficient (Wildman–Crippen LogP) is 1.67. The average Bonchev–Trinajstić information content (AvgIpc) is 2.48. The molecule has 0 bridgehead atoms. The number of pyridine rings is 1. The number of hydrogen-bond acceptors (Lipinski definition) is 4. The second kappa shape index (κ2) is 7.03. The van der Waals surface area contributed by atoms with Crippen LogP contribution in [0.15, 0.2) is 18.5 Å². The van der Waals surface area contributed by atoms with E-state index in [2.05, 4.69) is 10.3 Å². The van der Waals surface area contributed by atoms with Crippen molar-refractivity contribution in [2.24, 2.45) is 5.92 Å². The summed E-state index contributed by atoms with van der Waals surface area (Å²) in [7, 11) is 1.68. The van der Waals surface area contributed by atoms with Gasteiger partial charge in [-0.2, -0.15) is 0 Å². The normalized spacial score (nSPS) is 15.8. The third-order valence-electron chi connectivity index (χ3n) is 3.54. The van der Waals surface area contributed by atoms with E-state index < -0.39 is 5.97 Å². The molecule has 21 heavy (non-hydrogen) atoms. The molecule has 2 rings (SSSR count). The Labute approximate surface area is 122 Å². The molecule has 1 aliphatic rings. The largest absolute Gasteiger partial charge is 0.478 e. The van der Waals surface area contributed by atoms with Crippen LogP contribution >= 0.6 is 0 Å². The minimum atomic E-state index is -1.07. The van der Waals surface area contributed by atoms with Gasteiger partial charge in [-0.1, -0.05) is 0 Å². The molecule has 2 heterocycles. The van der Waals surface area contributed by atoms with Crippen molar-refractivity contribution in [3.05, 3.63) is 24.0 Å². The van der Waals surface area contributed by atoms with E-state index in [0.29, 0.717) is 24.7 Å². The Morgan fingerprint density at radius 1 is 1.43 bits per heavy atom. The van der Waals surface area contributed by atoms with Crippen LogP contribution in [-0.4, -0.2) is 53.8 Å². The highest BCUT2D eigenvalue weighted by atomic mass is 16.5. The van der Waals surface area contributed by atoms with Crippen LogP contribution in [0.1, 0.15) is 23.2 Å². The fourth-order valence-electron chi connectivity index (χ4n) is 2.37. The van der Waals surface area contributed by atoms with Crippen molar-refractivity contribution in [2.75, 3.05) is 32.1 Å². The SMILES string of the molecule is COCC1CCN(C(=O)Nc2cncc(C(=O)O)c2)CC1. The zero-order valence-corrected chi connectivity index (χ0v) is 11.9. The molecule has 1 saturated heterocycles. The highest BCUT2D eigenvalue weighted by Gasteiger charge is 2.22. The monoisotopic (exact) mass is 293 g/mol. The van der Waals surface area contributed by atoms with Crippen LogP contribution in [-0.2, 0) is 4.74 Å². The number of piperidine rings is 1. The van der Waals surface area contributed by atoms with E-state index >= 15 is 0 Å². The molecule has 1 aromatic rings. The number of aromatic nitrogens is 1. The zero-order chi connectivity index (χ0) is 15.2. The number of methoxy groups -OCH3 is 1. The van der Waals surface area contributed by atoms with Crippen LogP contribution in [0.25, 0.3) is 0 Å². The van der Waals surface area contributed by atoms with Crippen molar-refractivity contribution in [3.8, 4) is 0 Å². The number of carbonyl (C=O) groups excluding carboxylic acids is 1. The fourth-order valence-corrected chi connectivity index (χ4v) is 2.37. The third kappa shape index (κ3) is 4.16. The molecule has 0 aromatic carbocycles. The number of anilines is 1. The molecule has 1 aliphatic heterocycles. The summed E-state index contributed by atoms with van der Waals surface area (Å²) in [6.07, 6.45) is 4.50. The van der Waals surface area contributed by atoms with Crippen LogP contribution in [0, 0.1) is 5.92 Å². The summed E-state index contributed by atoms with van der Waals surface area (Å²) in [6, 6.07) is 1.17. The highest BCUT2D eigenvalue weighted by Crippen LogP contribution is 2.18. The van der Waals surface area contributed by atoms with E-state index in [9.17, 15) is 9.59 Å². The van der Waals surface area contributed by atoms with Gasteiger partial charge in [-0.05, 0) is 24.8 Å². The first kappa shape index (κ1) is 15.2. The van der Waals surface area contributed by atoms with Gasteiger partial charge in [-0.3, -0.25) is 4.98 Å². The van der Waals surface area contributed by atoms with Gasteiger partial charge in [0.05, 0.1) is 17.4 Å². The number of urea groups is 1. The molecule has 0 unspecified atom stereocenters. The van der Waals surface area contributed by atoms with Crippen molar-refractivity contribution in [1.82, 2.24) is 9.88 Å². The first-order valence-electron chi connectivity index (χ1n) is 6.83. The van der Waals surface area contributed by atoms with Crippen LogP contribution in [0.4, 0.5) is 10.5 Å². The molecule has 0 saturated carbocycles. The molecule has 2 N–H and O–H groups in total. The molecule has 114 valence electrons. The van der Waals surface area contributed by atoms with E-state index in [0.717, 1.165) is 19.4 Å². The first-order valence-corrected chi connectivity index (χ1v) is 6.83. The first-order chi connectivity index (χ1) is 10.1. The summed E-state index contributed by atoms with van der Waals surface area (Å²) in [6.45, 7) is 2.07. The van der Waals surface area contributed by atoms with E-state index in [1.165, 1.54) is 18.5 Å². The lowest BCUT2D eigenvalue weighted by Gasteiger charge is -2.31. The van der Waals surface area contributed by atoms with Crippen molar-refractivity contribution < 1.29 is 19.4 Å².